The molecule has 2 heterocycles. The molecule has 0 spiro atoms. The van der Waals surface area contributed by atoms with Crippen LogP contribution in [-0.2, 0) is 14.2 Å². The summed E-state index contributed by atoms with van der Waals surface area (Å²) in [5.41, 5.74) is -1.01. The highest BCUT2D eigenvalue weighted by molar-refractivity contribution is 5.86. The molecule has 11 heteroatoms. The van der Waals surface area contributed by atoms with Crippen molar-refractivity contribution in [2.24, 2.45) is 0 Å². The first kappa shape index (κ1) is 22.8. The van der Waals surface area contributed by atoms with Crippen molar-refractivity contribution in [1.29, 1.82) is 0 Å². The molecule has 1 aliphatic heterocycles. The van der Waals surface area contributed by atoms with E-state index in [1.165, 1.54) is 0 Å². The first-order valence-corrected chi connectivity index (χ1v) is 9.34. The molecule has 1 saturated heterocycles. The second kappa shape index (κ2) is 10.3. The highest BCUT2D eigenvalue weighted by atomic mass is 19.1. The van der Waals surface area contributed by atoms with Gasteiger partial charge in [0, 0.05) is 6.61 Å². The van der Waals surface area contributed by atoms with E-state index in [9.17, 15) is 24.2 Å². The van der Waals surface area contributed by atoms with Crippen LogP contribution in [0, 0.1) is 5.82 Å². The molecule has 2 N–H and O–H groups in total. The van der Waals surface area contributed by atoms with Crippen LogP contribution in [0.2, 0.25) is 0 Å². The number of amides is 1. The zero-order valence-electron chi connectivity index (χ0n) is 16.4. The fourth-order valence-corrected chi connectivity index (χ4v) is 2.64. The van der Waals surface area contributed by atoms with E-state index < -0.39 is 41.9 Å². The summed E-state index contributed by atoms with van der Waals surface area (Å²) in [6.07, 6.45) is -2.09. The fourth-order valence-electron chi connectivity index (χ4n) is 2.64. The summed E-state index contributed by atoms with van der Waals surface area (Å²) in [6, 6.07) is 0. The lowest BCUT2D eigenvalue weighted by Crippen LogP contribution is -2.40. The third-order valence-electron chi connectivity index (χ3n) is 4.25. The van der Waals surface area contributed by atoms with Gasteiger partial charge in [-0.3, -0.25) is 4.57 Å². The number of aromatic nitrogens is 2. The van der Waals surface area contributed by atoms with Gasteiger partial charge in [-0.1, -0.05) is 26.3 Å². The van der Waals surface area contributed by atoms with Crippen molar-refractivity contribution in [3.05, 3.63) is 34.8 Å². The van der Waals surface area contributed by atoms with Crippen LogP contribution in [0.5, 0.6) is 0 Å². The van der Waals surface area contributed by atoms with Gasteiger partial charge in [-0.05, 0) is 13.3 Å². The zero-order valence-corrected chi connectivity index (χ0v) is 16.4. The number of rotatable bonds is 9. The van der Waals surface area contributed by atoms with Crippen molar-refractivity contribution >= 4 is 11.9 Å². The van der Waals surface area contributed by atoms with Crippen LogP contribution >= 0.6 is 0 Å². The molecular weight excluding hydrogens is 389 g/mol. The Bertz CT molecular complexity index is 785. The van der Waals surface area contributed by atoms with Crippen molar-refractivity contribution in [2.45, 2.75) is 51.5 Å². The van der Waals surface area contributed by atoms with E-state index in [-0.39, 0.29) is 25.7 Å². The Labute approximate surface area is 167 Å². The van der Waals surface area contributed by atoms with E-state index in [0.29, 0.717) is 11.0 Å². The SMILES string of the molecule is C=C1O[C@@H](n2cc(F)c(N(COCC)C(=O)OCCCCC)nc2=O)[C@H](O)[C@@H]1O. The van der Waals surface area contributed by atoms with E-state index in [1.807, 2.05) is 6.92 Å². The van der Waals surface area contributed by atoms with Gasteiger partial charge in [-0.25, -0.2) is 18.9 Å². The summed E-state index contributed by atoms with van der Waals surface area (Å²) >= 11 is 0. The van der Waals surface area contributed by atoms with Crippen LogP contribution in [0.25, 0.3) is 0 Å². The Morgan fingerprint density at radius 3 is 2.72 bits per heavy atom. The maximum absolute atomic E-state index is 14.7. The number of unbranched alkanes of at least 4 members (excludes halogenated alkanes) is 2. The first-order valence-electron chi connectivity index (χ1n) is 9.34. The van der Waals surface area contributed by atoms with Gasteiger partial charge in [0.2, 0.25) is 6.23 Å². The summed E-state index contributed by atoms with van der Waals surface area (Å²) in [5, 5.41) is 19.7. The molecule has 1 fully saturated rings. The van der Waals surface area contributed by atoms with Crippen molar-refractivity contribution in [1.82, 2.24) is 9.55 Å². The number of aliphatic hydroxyl groups excluding tert-OH is 2. The summed E-state index contributed by atoms with van der Waals surface area (Å²) in [6.45, 7) is 7.10. The molecule has 2 rings (SSSR count). The molecule has 1 amide bonds. The summed E-state index contributed by atoms with van der Waals surface area (Å²) in [7, 11) is 0. The summed E-state index contributed by atoms with van der Waals surface area (Å²) in [4.78, 5) is 29.1. The average molecular weight is 415 g/mol. The molecule has 29 heavy (non-hydrogen) atoms. The van der Waals surface area contributed by atoms with E-state index in [1.54, 1.807) is 6.92 Å². The Kier molecular flexibility index (Phi) is 8.11. The zero-order chi connectivity index (χ0) is 21.6. The number of aliphatic hydroxyl groups is 2. The molecular formula is C18H26FN3O7. The van der Waals surface area contributed by atoms with Crippen molar-refractivity contribution in [3.63, 3.8) is 0 Å². The lowest BCUT2D eigenvalue weighted by atomic mass is 10.2. The Balaban J connectivity index is 2.27. The van der Waals surface area contributed by atoms with Gasteiger partial charge >= 0.3 is 11.8 Å². The molecule has 162 valence electrons. The average Bonchev–Trinajstić information content (AvgIpc) is 2.95. The monoisotopic (exact) mass is 415 g/mol. The highest BCUT2D eigenvalue weighted by Crippen LogP contribution is 2.30. The molecule has 0 bridgehead atoms. The van der Waals surface area contributed by atoms with Crippen LogP contribution < -0.4 is 10.6 Å². The van der Waals surface area contributed by atoms with Gasteiger partial charge in [-0.2, -0.15) is 4.98 Å². The van der Waals surface area contributed by atoms with E-state index in [2.05, 4.69) is 11.6 Å². The third-order valence-corrected chi connectivity index (χ3v) is 4.25. The predicted molar refractivity (Wildman–Crippen MR) is 99.6 cm³/mol. The van der Waals surface area contributed by atoms with Gasteiger partial charge < -0.3 is 24.4 Å². The molecule has 1 aliphatic rings. The van der Waals surface area contributed by atoms with Gasteiger partial charge in [0.1, 0.15) is 24.7 Å². The van der Waals surface area contributed by atoms with Gasteiger partial charge in [0.25, 0.3) is 0 Å². The number of ether oxygens (including phenoxy) is 3. The number of carbonyl (C=O) groups is 1. The molecule has 0 aliphatic carbocycles. The molecule has 3 atom stereocenters. The summed E-state index contributed by atoms with van der Waals surface area (Å²) in [5.74, 6) is -1.78. The van der Waals surface area contributed by atoms with E-state index in [4.69, 9.17) is 14.2 Å². The molecule has 10 nitrogen and oxygen atoms in total. The van der Waals surface area contributed by atoms with Crippen molar-refractivity contribution < 1.29 is 33.6 Å². The van der Waals surface area contributed by atoms with Crippen LogP contribution in [0.4, 0.5) is 15.0 Å². The van der Waals surface area contributed by atoms with Crippen LogP contribution in [0.3, 0.4) is 0 Å². The Hall–Kier alpha value is -2.50. The molecule has 0 saturated carbocycles. The predicted octanol–water partition coefficient (Wildman–Crippen LogP) is 1.27. The smallest absolute Gasteiger partial charge is 0.417 e. The maximum atomic E-state index is 14.7. The number of hydrogen-bond donors (Lipinski definition) is 2. The summed E-state index contributed by atoms with van der Waals surface area (Å²) < 4.78 is 30.8. The lowest BCUT2D eigenvalue weighted by Gasteiger charge is -2.22. The number of halogens is 1. The standard InChI is InChI=1S/C18H26FN3O7/c1-4-6-7-8-28-18(26)22(10-27-5-2)15-12(19)9-21(17(25)20-15)16-14(24)13(23)11(3)29-16/h9,13-14,16,23-24H,3-8,10H2,1-2H3/t13-,14-,16-/m1/s1. The topological polar surface area (TPSA) is 123 Å². The minimum absolute atomic E-state index is 0.135. The van der Waals surface area contributed by atoms with Gasteiger partial charge in [-0.15, -0.1) is 0 Å². The number of carbonyl (C=O) groups excluding carboxylic acids is 1. The third kappa shape index (κ3) is 5.31. The number of anilines is 1. The fraction of sp³-hybridized carbons (Fsp3) is 0.611. The Morgan fingerprint density at radius 2 is 2.14 bits per heavy atom. The molecule has 0 unspecified atom stereocenters. The minimum atomic E-state index is -1.53. The largest absolute Gasteiger partial charge is 0.469 e. The first-order chi connectivity index (χ1) is 13.8. The maximum Gasteiger partial charge on any atom is 0.417 e. The molecule has 1 aromatic rings. The second-order valence-electron chi connectivity index (χ2n) is 6.38. The van der Waals surface area contributed by atoms with Crippen molar-refractivity contribution in [3.8, 4) is 0 Å². The van der Waals surface area contributed by atoms with Crippen LogP contribution in [0.1, 0.15) is 39.3 Å². The highest BCUT2D eigenvalue weighted by Gasteiger charge is 2.41. The lowest BCUT2D eigenvalue weighted by molar-refractivity contribution is -0.0167. The molecule has 1 aromatic heterocycles. The quantitative estimate of drug-likeness (QED) is 0.457. The second-order valence-corrected chi connectivity index (χ2v) is 6.38. The van der Waals surface area contributed by atoms with E-state index in [0.717, 1.165) is 23.9 Å². The van der Waals surface area contributed by atoms with Crippen LogP contribution in [-0.4, -0.2) is 58.0 Å². The van der Waals surface area contributed by atoms with Crippen molar-refractivity contribution in [2.75, 3.05) is 24.8 Å². The molecule has 0 aromatic carbocycles. The number of nitrogens with zero attached hydrogens (tertiary/aromatic N) is 3. The normalized spacial score (nSPS) is 21.1. The van der Waals surface area contributed by atoms with Crippen LogP contribution in [0.15, 0.2) is 23.3 Å². The molecule has 0 radical (unpaired) electrons. The minimum Gasteiger partial charge on any atom is -0.469 e. The Morgan fingerprint density at radius 1 is 1.41 bits per heavy atom. The van der Waals surface area contributed by atoms with Gasteiger partial charge in [0.05, 0.1) is 12.8 Å². The van der Waals surface area contributed by atoms with E-state index >= 15 is 0 Å². The van der Waals surface area contributed by atoms with Gasteiger partial charge in [0.15, 0.2) is 11.6 Å². The number of hydrogen-bond acceptors (Lipinski definition) is 8.